The van der Waals surface area contributed by atoms with Gasteiger partial charge in [-0.15, -0.1) is 0 Å². The van der Waals surface area contributed by atoms with Crippen LogP contribution in [-0.2, 0) is 4.79 Å². The number of hydrogen-bond donors (Lipinski definition) is 2. The van der Waals surface area contributed by atoms with Crippen LogP contribution in [0.25, 0.3) is 0 Å². The Hall–Kier alpha value is -0.430. The number of carbonyl (C=O) groups is 1. The number of rotatable bonds is 5. The molecule has 0 bridgehead atoms. The van der Waals surface area contributed by atoms with Gasteiger partial charge in [0, 0.05) is 22.0 Å². The maximum absolute atomic E-state index is 11.7. The zero-order chi connectivity index (χ0) is 12.8. The van der Waals surface area contributed by atoms with E-state index >= 15 is 0 Å². The first-order valence-electron chi connectivity index (χ1n) is 5.16. The lowest BCUT2D eigenvalue weighted by Gasteiger charge is -2.15. The fraction of sp³-hybridized carbons (Fsp3) is 0.364. The fourth-order valence-corrected chi connectivity index (χ4v) is 2.47. The number of amides is 1. The lowest BCUT2D eigenvalue weighted by Crippen LogP contribution is -2.33. The van der Waals surface area contributed by atoms with Crippen molar-refractivity contribution in [1.29, 1.82) is 0 Å². The Balaban J connectivity index is 2.56. The Bertz CT molecular complexity index is 398. The molecule has 0 heterocycles. The van der Waals surface area contributed by atoms with E-state index in [2.05, 4.69) is 37.2 Å². The van der Waals surface area contributed by atoms with E-state index in [1.54, 1.807) is 0 Å². The summed E-state index contributed by atoms with van der Waals surface area (Å²) in [6, 6.07) is 5.61. The summed E-state index contributed by atoms with van der Waals surface area (Å²) in [5, 5.41) is 2.84. The van der Waals surface area contributed by atoms with E-state index < -0.39 is 0 Å². The van der Waals surface area contributed by atoms with Crippen LogP contribution in [0.1, 0.15) is 0 Å². The first kappa shape index (κ1) is 14.6. The van der Waals surface area contributed by atoms with Gasteiger partial charge in [0.15, 0.2) is 0 Å². The van der Waals surface area contributed by atoms with Crippen molar-refractivity contribution < 1.29 is 4.79 Å². The molecule has 1 amide bonds. The minimum Gasteiger partial charge on any atom is -0.329 e. The van der Waals surface area contributed by atoms with Gasteiger partial charge in [-0.25, -0.2) is 0 Å². The average Bonchev–Trinajstić information content (AvgIpc) is 2.22. The number of halogens is 2. The molecule has 0 atom stereocenters. The van der Waals surface area contributed by atoms with Crippen molar-refractivity contribution in [2.24, 2.45) is 5.73 Å². The van der Waals surface area contributed by atoms with Crippen molar-refractivity contribution in [2.45, 2.75) is 0 Å². The van der Waals surface area contributed by atoms with Crippen molar-refractivity contribution in [3.8, 4) is 0 Å². The smallest absolute Gasteiger partial charge is 0.238 e. The van der Waals surface area contributed by atoms with Crippen LogP contribution in [0.5, 0.6) is 0 Å². The maximum atomic E-state index is 11.7. The zero-order valence-corrected chi connectivity index (χ0v) is 12.7. The van der Waals surface area contributed by atoms with Gasteiger partial charge in [-0.3, -0.25) is 9.69 Å². The first-order chi connectivity index (χ1) is 8.02. The Kier molecular flexibility index (Phi) is 6.11. The molecule has 0 aromatic heterocycles. The second-order valence-corrected chi connectivity index (χ2v) is 5.47. The van der Waals surface area contributed by atoms with Crippen LogP contribution in [0, 0.1) is 0 Å². The molecule has 6 heteroatoms. The summed E-state index contributed by atoms with van der Waals surface area (Å²) >= 11 is 6.75. The Morgan fingerprint density at radius 3 is 2.76 bits per heavy atom. The van der Waals surface area contributed by atoms with E-state index in [1.807, 2.05) is 30.1 Å². The molecule has 0 aliphatic rings. The van der Waals surface area contributed by atoms with Crippen LogP contribution < -0.4 is 11.1 Å². The van der Waals surface area contributed by atoms with Crippen molar-refractivity contribution in [2.75, 3.05) is 32.0 Å². The van der Waals surface area contributed by atoms with Crippen LogP contribution in [0.15, 0.2) is 27.1 Å². The molecule has 94 valence electrons. The summed E-state index contributed by atoms with van der Waals surface area (Å²) in [5.74, 6) is -0.0519. The van der Waals surface area contributed by atoms with Crippen molar-refractivity contribution in [3.63, 3.8) is 0 Å². The quantitative estimate of drug-likeness (QED) is 0.840. The number of benzene rings is 1. The van der Waals surface area contributed by atoms with E-state index in [1.165, 1.54) is 0 Å². The second-order valence-electron chi connectivity index (χ2n) is 3.70. The Morgan fingerprint density at radius 2 is 2.18 bits per heavy atom. The summed E-state index contributed by atoms with van der Waals surface area (Å²) in [7, 11) is 1.86. The third-order valence-electron chi connectivity index (χ3n) is 2.13. The minimum atomic E-state index is -0.0519. The van der Waals surface area contributed by atoms with Crippen LogP contribution >= 0.6 is 31.9 Å². The molecule has 0 unspecified atom stereocenters. The van der Waals surface area contributed by atoms with Gasteiger partial charge in [0.05, 0.1) is 12.2 Å². The molecule has 1 rings (SSSR count). The summed E-state index contributed by atoms with van der Waals surface area (Å²) in [6.45, 7) is 1.58. The van der Waals surface area contributed by atoms with Gasteiger partial charge >= 0.3 is 0 Å². The molecule has 0 saturated heterocycles. The van der Waals surface area contributed by atoms with E-state index in [4.69, 9.17) is 5.73 Å². The van der Waals surface area contributed by atoms with Crippen molar-refractivity contribution >= 4 is 43.5 Å². The minimum absolute atomic E-state index is 0.0519. The summed E-state index contributed by atoms with van der Waals surface area (Å²) in [6.07, 6.45) is 0. The van der Waals surface area contributed by atoms with Gasteiger partial charge in [-0.05, 0) is 41.2 Å². The first-order valence-corrected chi connectivity index (χ1v) is 6.75. The highest BCUT2D eigenvalue weighted by atomic mass is 79.9. The highest BCUT2D eigenvalue weighted by Crippen LogP contribution is 2.25. The molecule has 3 N–H and O–H groups in total. The van der Waals surface area contributed by atoms with Crippen LogP contribution in [0.3, 0.4) is 0 Å². The van der Waals surface area contributed by atoms with Crippen molar-refractivity contribution in [3.05, 3.63) is 27.1 Å². The molecule has 0 aliphatic carbocycles. The van der Waals surface area contributed by atoms with Crippen LogP contribution in [0.4, 0.5) is 5.69 Å². The number of anilines is 1. The standard InChI is InChI=1S/C11H15Br2N3O/c1-16(5-4-14)7-11(17)15-10-3-2-8(12)6-9(10)13/h2-3,6H,4-5,7,14H2,1H3,(H,15,17). The summed E-state index contributed by atoms with van der Waals surface area (Å²) < 4.78 is 1.81. The Labute approximate surface area is 118 Å². The number of likely N-dealkylation sites (N-methyl/N-ethyl adjacent to an activating group) is 1. The average molecular weight is 365 g/mol. The van der Waals surface area contributed by atoms with Gasteiger partial charge in [-0.2, -0.15) is 0 Å². The molecule has 0 spiro atoms. The maximum Gasteiger partial charge on any atom is 0.238 e. The number of nitrogens with zero attached hydrogens (tertiary/aromatic N) is 1. The Morgan fingerprint density at radius 1 is 1.47 bits per heavy atom. The molecule has 0 fully saturated rings. The zero-order valence-electron chi connectivity index (χ0n) is 9.54. The van der Waals surface area contributed by atoms with E-state index in [-0.39, 0.29) is 5.91 Å². The normalized spacial score (nSPS) is 10.6. The van der Waals surface area contributed by atoms with Crippen LogP contribution in [-0.4, -0.2) is 37.5 Å². The molecule has 1 aromatic carbocycles. The highest BCUT2D eigenvalue weighted by molar-refractivity contribution is 9.11. The van der Waals surface area contributed by atoms with E-state index in [9.17, 15) is 4.79 Å². The molecule has 4 nitrogen and oxygen atoms in total. The second kappa shape index (κ2) is 7.10. The topological polar surface area (TPSA) is 58.4 Å². The third kappa shape index (κ3) is 5.16. The summed E-state index contributed by atoms with van der Waals surface area (Å²) in [5.41, 5.74) is 6.18. The predicted octanol–water partition coefficient (Wildman–Crippen LogP) is 2.04. The highest BCUT2D eigenvalue weighted by Gasteiger charge is 2.08. The van der Waals surface area contributed by atoms with Gasteiger partial charge in [0.25, 0.3) is 0 Å². The fourth-order valence-electron chi connectivity index (χ4n) is 1.33. The lowest BCUT2D eigenvalue weighted by atomic mass is 10.3. The van der Waals surface area contributed by atoms with Crippen molar-refractivity contribution in [1.82, 2.24) is 4.90 Å². The molecule has 0 radical (unpaired) electrons. The van der Waals surface area contributed by atoms with E-state index in [0.29, 0.717) is 19.6 Å². The monoisotopic (exact) mass is 363 g/mol. The van der Waals surface area contributed by atoms with Gasteiger partial charge in [0.1, 0.15) is 0 Å². The molecule has 0 aliphatic heterocycles. The molecule has 1 aromatic rings. The number of carbonyl (C=O) groups excluding carboxylic acids is 1. The van der Waals surface area contributed by atoms with Gasteiger partial charge < -0.3 is 11.1 Å². The van der Waals surface area contributed by atoms with Gasteiger partial charge in [0.2, 0.25) is 5.91 Å². The number of nitrogens with one attached hydrogen (secondary N) is 1. The third-order valence-corrected chi connectivity index (χ3v) is 3.28. The number of hydrogen-bond acceptors (Lipinski definition) is 3. The molecular formula is C11H15Br2N3O. The number of nitrogens with two attached hydrogens (primary N) is 1. The molecular weight excluding hydrogens is 350 g/mol. The largest absolute Gasteiger partial charge is 0.329 e. The lowest BCUT2D eigenvalue weighted by molar-refractivity contribution is -0.117. The summed E-state index contributed by atoms with van der Waals surface area (Å²) in [4.78, 5) is 13.6. The van der Waals surface area contributed by atoms with Gasteiger partial charge in [-0.1, -0.05) is 15.9 Å². The van der Waals surface area contributed by atoms with Crippen LogP contribution in [0.2, 0.25) is 0 Å². The van der Waals surface area contributed by atoms with E-state index in [0.717, 1.165) is 14.6 Å². The SMILES string of the molecule is CN(CCN)CC(=O)Nc1ccc(Br)cc1Br. The predicted molar refractivity (Wildman–Crippen MR) is 77.0 cm³/mol. The molecule has 17 heavy (non-hydrogen) atoms. The molecule has 0 saturated carbocycles.